The molecule has 2 aliphatic rings. The van der Waals surface area contributed by atoms with Crippen molar-refractivity contribution in [2.45, 2.75) is 31.3 Å². The fourth-order valence-electron chi connectivity index (χ4n) is 3.17. The molecule has 1 aromatic rings. The van der Waals surface area contributed by atoms with Crippen molar-refractivity contribution in [3.63, 3.8) is 0 Å². The Balaban J connectivity index is 1.71. The topological polar surface area (TPSA) is 32.3 Å². The molecule has 0 spiro atoms. The predicted molar refractivity (Wildman–Crippen MR) is 79.6 cm³/mol. The van der Waals surface area contributed by atoms with Crippen molar-refractivity contribution in [1.29, 1.82) is 0 Å². The van der Waals surface area contributed by atoms with Crippen LogP contribution in [0, 0.1) is 0 Å². The lowest BCUT2D eigenvalue weighted by Gasteiger charge is -2.21. The summed E-state index contributed by atoms with van der Waals surface area (Å²) in [7, 11) is 0. The van der Waals surface area contributed by atoms with Gasteiger partial charge in [0.25, 0.3) is 5.91 Å². The maximum absolute atomic E-state index is 12.3. The molecule has 0 radical (unpaired) electrons. The monoisotopic (exact) mass is 342 g/mol. The van der Waals surface area contributed by atoms with E-state index in [9.17, 15) is 4.79 Å². The van der Waals surface area contributed by atoms with Crippen molar-refractivity contribution in [2.75, 3.05) is 13.1 Å². The number of benzene rings is 1. The molecular weight excluding hydrogens is 328 g/mol. The Morgan fingerprint density at radius 1 is 1.37 bits per heavy atom. The summed E-state index contributed by atoms with van der Waals surface area (Å²) < 4.78 is 0.749. The fraction of sp³-hybridized carbons (Fsp3) is 0.500. The third-order valence-electron chi connectivity index (χ3n) is 4.10. The molecular formula is C14H16BrClN2O. The summed E-state index contributed by atoms with van der Waals surface area (Å²) in [6, 6.07) is 6.10. The zero-order valence-corrected chi connectivity index (χ0v) is 12.9. The lowest BCUT2D eigenvalue weighted by atomic mass is 10.1. The molecule has 2 heterocycles. The van der Waals surface area contributed by atoms with Gasteiger partial charge in [-0.2, -0.15) is 0 Å². The van der Waals surface area contributed by atoms with Crippen molar-refractivity contribution >= 4 is 33.4 Å². The van der Waals surface area contributed by atoms with Gasteiger partial charge in [-0.05, 0) is 59.9 Å². The van der Waals surface area contributed by atoms with Crippen molar-refractivity contribution in [3.05, 3.63) is 33.3 Å². The highest BCUT2D eigenvalue weighted by Crippen LogP contribution is 2.28. The Morgan fingerprint density at radius 2 is 2.21 bits per heavy atom. The van der Waals surface area contributed by atoms with Crippen LogP contribution in [0.15, 0.2) is 22.7 Å². The molecule has 3 nitrogen and oxygen atoms in total. The van der Waals surface area contributed by atoms with E-state index in [1.54, 1.807) is 18.2 Å². The highest BCUT2D eigenvalue weighted by molar-refractivity contribution is 9.10. The van der Waals surface area contributed by atoms with Crippen LogP contribution in [0.5, 0.6) is 0 Å². The molecule has 19 heavy (non-hydrogen) atoms. The molecule has 2 saturated heterocycles. The third kappa shape index (κ3) is 2.67. The number of carbonyl (C=O) groups is 1. The van der Waals surface area contributed by atoms with Crippen LogP contribution in [-0.2, 0) is 0 Å². The molecule has 2 fully saturated rings. The van der Waals surface area contributed by atoms with E-state index in [0.29, 0.717) is 16.6 Å². The number of carbonyl (C=O) groups excluding carboxylic acids is 1. The number of hydrogen-bond donors (Lipinski definition) is 1. The number of rotatable bonds is 2. The van der Waals surface area contributed by atoms with Crippen LogP contribution in [0.3, 0.4) is 0 Å². The summed E-state index contributed by atoms with van der Waals surface area (Å²) in [6.07, 6.45) is 3.51. The van der Waals surface area contributed by atoms with Crippen LogP contribution in [0.1, 0.15) is 29.6 Å². The summed E-state index contributed by atoms with van der Waals surface area (Å²) in [5.74, 6) is -0.0118. The average molecular weight is 344 g/mol. The molecule has 102 valence electrons. The second kappa shape index (κ2) is 5.43. The smallest absolute Gasteiger partial charge is 0.252 e. The summed E-state index contributed by atoms with van der Waals surface area (Å²) in [5, 5.41) is 3.80. The molecule has 1 N–H and O–H groups in total. The van der Waals surface area contributed by atoms with E-state index < -0.39 is 0 Å². The maximum Gasteiger partial charge on any atom is 0.252 e. The molecule has 5 heteroatoms. The Hall–Kier alpha value is -0.580. The standard InChI is InChI=1S/C14H16BrClN2O/c15-11-8-9(16)3-4-10(11)14(19)17-12-5-7-18-6-1-2-13(12)18/h3-4,8,12-13H,1-2,5-7H2,(H,17,19). The minimum absolute atomic E-state index is 0.0118. The number of fused-ring (bicyclic) bond motifs is 1. The number of amides is 1. The van der Waals surface area contributed by atoms with Gasteiger partial charge < -0.3 is 5.32 Å². The Bertz CT molecular complexity index is 508. The van der Waals surface area contributed by atoms with Crippen molar-refractivity contribution in [2.24, 2.45) is 0 Å². The first-order chi connectivity index (χ1) is 9.15. The number of nitrogens with one attached hydrogen (secondary N) is 1. The first kappa shape index (κ1) is 13.4. The van der Waals surface area contributed by atoms with E-state index in [1.807, 2.05) is 0 Å². The number of nitrogens with zero attached hydrogens (tertiary/aromatic N) is 1. The molecule has 0 bridgehead atoms. The average Bonchev–Trinajstić information content (AvgIpc) is 2.94. The third-order valence-corrected chi connectivity index (χ3v) is 4.99. The van der Waals surface area contributed by atoms with Gasteiger partial charge in [0.1, 0.15) is 0 Å². The van der Waals surface area contributed by atoms with E-state index >= 15 is 0 Å². The van der Waals surface area contributed by atoms with Crippen LogP contribution in [0.4, 0.5) is 0 Å². The van der Waals surface area contributed by atoms with Crippen LogP contribution in [0.25, 0.3) is 0 Å². The van der Waals surface area contributed by atoms with Crippen molar-refractivity contribution in [1.82, 2.24) is 10.2 Å². The van der Waals surface area contributed by atoms with Crippen LogP contribution in [0.2, 0.25) is 5.02 Å². The van der Waals surface area contributed by atoms with Crippen LogP contribution >= 0.6 is 27.5 Å². The number of halogens is 2. The minimum Gasteiger partial charge on any atom is -0.348 e. The second-order valence-electron chi connectivity index (χ2n) is 5.24. The Labute approximate surface area is 126 Å². The summed E-state index contributed by atoms with van der Waals surface area (Å²) in [4.78, 5) is 14.8. The van der Waals surface area contributed by atoms with Crippen molar-refractivity contribution < 1.29 is 4.79 Å². The lowest BCUT2D eigenvalue weighted by molar-refractivity contribution is 0.0929. The van der Waals surface area contributed by atoms with Crippen LogP contribution in [-0.4, -0.2) is 36.0 Å². The second-order valence-corrected chi connectivity index (χ2v) is 6.53. The summed E-state index contributed by atoms with van der Waals surface area (Å²) >= 11 is 9.29. The van der Waals surface area contributed by atoms with Gasteiger partial charge in [-0.25, -0.2) is 0 Å². The number of hydrogen-bond acceptors (Lipinski definition) is 2. The van der Waals surface area contributed by atoms with E-state index in [-0.39, 0.29) is 11.9 Å². The Morgan fingerprint density at radius 3 is 3.00 bits per heavy atom. The molecule has 1 aromatic carbocycles. The predicted octanol–water partition coefficient (Wildman–Crippen LogP) is 3.07. The first-order valence-electron chi connectivity index (χ1n) is 6.65. The highest BCUT2D eigenvalue weighted by Gasteiger charge is 2.37. The van der Waals surface area contributed by atoms with Gasteiger partial charge in [-0.15, -0.1) is 0 Å². The molecule has 0 saturated carbocycles. The fourth-order valence-corrected chi connectivity index (χ4v) is 4.03. The van der Waals surface area contributed by atoms with E-state index in [4.69, 9.17) is 11.6 Å². The van der Waals surface area contributed by atoms with Gasteiger partial charge in [0.05, 0.1) is 5.56 Å². The van der Waals surface area contributed by atoms with E-state index in [0.717, 1.165) is 17.4 Å². The first-order valence-corrected chi connectivity index (χ1v) is 7.82. The summed E-state index contributed by atoms with van der Waals surface area (Å²) in [5.41, 5.74) is 0.654. The van der Waals surface area contributed by atoms with Gasteiger partial charge >= 0.3 is 0 Å². The van der Waals surface area contributed by atoms with Gasteiger partial charge in [0.2, 0.25) is 0 Å². The molecule has 2 atom stereocenters. The quantitative estimate of drug-likeness (QED) is 0.895. The maximum atomic E-state index is 12.3. The minimum atomic E-state index is -0.0118. The van der Waals surface area contributed by atoms with Gasteiger partial charge in [-0.3, -0.25) is 9.69 Å². The zero-order chi connectivity index (χ0) is 13.4. The van der Waals surface area contributed by atoms with E-state index in [1.165, 1.54) is 19.4 Å². The van der Waals surface area contributed by atoms with Gasteiger partial charge in [0, 0.05) is 28.1 Å². The van der Waals surface area contributed by atoms with Gasteiger partial charge in [-0.1, -0.05) is 11.6 Å². The van der Waals surface area contributed by atoms with E-state index in [2.05, 4.69) is 26.1 Å². The molecule has 1 amide bonds. The highest BCUT2D eigenvalue weighted by atomic mass is 79.9. The largest absolute Gasteiger partial charge is 0.348 e. The van der Waals surface area contributed by atoms with Crippen molar-refractivity contribution in [3.8, 4) is 0 Å². The van der Waals surface area contributed by atoms with Gasteiger partial charge in [0.15, 0.2) is 0 Å². The lowest BCUT2D eigenvalue weighted by Crippen LogP contribution is -2.42. The molecule has 0 aliphatic carbocycles. The molecule has 3 rings (SSSR count). The van der Waals surface area contributed by atoms with Crippen LogP contribution < -0.4 is 5.32 Å². The normalized spacial score (nSPS) is 26.4. The Kier molecular flexibility index (Phi) is 3.83. The molecule has 2 unspecified atom stereocenters. The molecule has 0 aromatic heterocycles. The molecule has 2 aliphatic heterocycles. The zero-order valence-electron chi connectivity index (χ0n) is 10.5. The SMILES string of the molecule is O=C(NC1CCN2CCCC12)c1ccc(Cl)cc1Br. The summed E-state index contributed by atoms with van der Waals surface area (Å²) in [6.45, 7) is 2.29.